The van der Waals surface area contributed by atoms with Gasteiger partial charge in [0.05, 0.1) is 39.6 Å². The van der Waals surface area contributed by atoms with Crippen molar-refractivity contribution >= 4 is 11.9 Å². The molecule has 0 aromatic carbocycles. The fourth-order valence-electron chi connectivity index (χ4n) is 2.59. The molecule has 8 nitrogen and oxygen atoms in total. The largest absolute Gasteiger partial charge is 0.466 e. The Hall–Kier alpha value is -1.22. The Morgan fingerprint density at radius 2 is 1.06 bits per heavy atom. The molecule has 0 aliphatic heterocycles. The second-order valence-corrected chi connectivity index (χ2v) is 7.43. The van der Waals surface area contributed by atoms with E-state index in [-0.39, 0.29) is 11.9 Å². The number of carbonyl (C=O) groups excluding carboxylic acids is 2. The smallest absolute Gasteiger partial charge is 0.305 e. The van der Waals surface area contributed by atoms with E-state index in [1.807, 2.05) is 6.92 Å². The van der Waals surface area contributed by atoms with E-state index in [4.69, 9.17) is 18.9 Å². The molecule has 8 heteroatoms. The fraction of sp³-hybridized carbons (Fsp3) is 0.913. The molecule has 0 rings (SSSR count). The molecule has 0 aliphatic rings. The summed E-state index contributed by atoms with van der Waals surface area (Å²) in [4.78, 5) is 22.8. The molecule has 0 saturated carbocycles. The first-order chi connectivity index (χ1) is 15.2. The van der Waals surface area contributed by atoms with Crippen LogP contribution in [0.3, 0.4) is 0 Å². The lowest BCUT2D eigenvalue weighted by Crippen LogP contribution is -2.23. The molecule has 0 bridgehead atoms. The Bertz CT molecular complexity index is 410. The van der Waals surface area contributed by atoms with E-state index in [1.165, 1.54) is 0 Å². The van der Waals surface area contributed by atoms with Crippen LogP contribution >= 0.6 is 0 Å². The third kappa shape index (κ3) is 24.9. The summed E-state index contributed by atoms with van der Waals surface area (Å²) in [7, 11) is 0. The molecule has 0 aliphatic carbocycles. The van der Waals surface area contributed by atoms with Crippen LogP contribution in [0.5, 0.6) is 0 Å². The predicted octanol–water partition coefficient (Wildman–Crippen LogP) is 2.84. The van der Waals surface area contributed by atoms with Crippen molar-refractivity contribution in [3.8, 4) is 0 Å². The summed E-state index contributed by atoms with van der Waals surface area (Å²) >= 11 is 0. The monoisotopic (exact) mass is 446 g/mol. The zero-order valence-corrected chi connectivity index (χ0v) is 19.9. The molecule has 184 valence electrons. The number of hydrogen-bond donors (Lipinski definition) is 2. The van der Waals surface area contributed by atoms with Crippen molar-refractivity contribution < 1.29 is 28.5 Å². The van der Waals surface area contributed by atoms with E-state index in [0.29, 0.717) is 52.5 Å². The Balaban J connectivity index is 3.12. The first kappa shape index (κ1) is 29.8. The topological polar surface area (TPSA) is 95.1 Å². The number of esters is 2. The van der Waals surface area contributed by atoms with Crippen LogP contribution in [0.1, 0.15) is 71.6 Å². The van der Waals surface area contributed by atoms with Gasteiger partial charge in [0.2, 0.25) is 0 Å². The molecule has 0 radical (unpaired) electrons. The molecule has 0 aromatic rings. The van der Waals surface area contributed by atoms with Crippen LogP contribution in [-0.4, -0.2) is 77.8 Å². The number of ether oxygens (including phenoxy) is 4. The van der Waals surface area contributed by atoms with Crippen molar-refractivity contribution in [1.29, 1.82) is 0 Å². The van der Waals surface area contributed by atoms with Gasteiger partial charge < -0.3 is 29.6 Å². The number of carbonyl (C=O) groups is 2. The van der Waals surface area contributed by atoms with Gasteiger partial charge in [-0.05, 0) is 51.6 Å². The first-order valence-corrected chi connectivity index (χ1v) is 12.1. The highest BCUT2D eigenvalue weighted by Crippen LogP contribution is 1.99. The van der Waals surface area contributed by atoms with E-state index in [9.17, 15) is 9.59 Å². The van der Waals surface area contributed by atoms with E-state index in [2.05, 4.69) is 17.6 Å². The van der Waals surface area contributed by atoms with Crippen LogP contribution < -0.4 is 10.6 Å². The molecular weight excluding hydrogens is 400 g/mol. The molecule has 0 spiro atoms. The fourth-order valence-corrected chi connectivity index (χ4v) is 2.59. The summed E-state index contributed by atoms with van der Waals surface area (Å²) in [6, 6.07) is 0. The highest BCUT2D eigenvalue weighted by Gasteiger charge is 2.02. The van der Waals surface area contributed by atoms with E-state index in [1.54, 1.807) is 0 Å². The zero-order valence-electron chi connectivity index (χ0n) is 19.9. The van der Waals surface area contributed by atoms with Crippen LogP contribution in [0.15, 0.2) is 0 Å². The predicted molar refractivity (Wildman–Crippen MR) is 122 cm³/mol. The van der Waals surface area contributed by atoms with Crippen molar-refractivity contribution in [2.45, 2.75) is 71.6 Å². The molecule has 0 heterocycles. The highest BCUT2D eigenvalue weighted by molar-refractivity contribution is 5.69. The first-order valence-electron chi connectivity index (χ1n) is 12.1. The zero-order chi connectivity index (χ0) is 22.8. The van der Waals surface area contributed by atoms with Crippen molar-refractivity contribution in [2.75, 3.05) is 65.8 Å². The third-order valence-corrected chi connectivity index (χ3v) is 4.42. The second kappa shape index (κ2) is 25.0. The van der Waals surface area contributed by atoms with Gasteiger partial charge in [-0.25, -0.2) is 0 Å². The van der Waals surface area contributed by atoms with Gasteiger partial charge >= 0.3 is 11.9 Å². The summed E-state index contributed by atoms with van der Waals surface area (Å²) in [6.07, 6.45) is 7.48. The molecule has 2 N–H and O–H groups in total. The normalized spacial score (nSPS) is 10.9. The molecule has 0 fully saturated rings. The number of nitrogens with one attached hydrogen (secondary N) is 2. The Morgan fingerprint density at radius 1 is 0.548 bits per heavy atom. The molecule has 0 unspecified atom stereocenters. The van der Waals surface area contributed by atoms with E-state index < -0.39 is 0 Å². The summed E-state index contributed by atoms with van der Waals surface area (Å²) < 4.78 is 21.2. The van der Waals surface area contributed by atoms with Gasteiger partial charge in [0.25, 0.3) is 0 Å². The van der Waals surface area contributed by atoms with Gasteiger partial charge in [0, 0.05) is 25.9 Å². The van der Waals surface area contributed by atoms with Gasteiger partial charge in [-0.2, -0.15) is 0 Å². The Labute approximate surface area is 189 Å². The maximum Gasteiger partial charge on any atom is 0.305 e. The lowest BCUT2D eigenvalue weighted by atomic mass is 10.2. The van der Waals surface area contributed by atoms with Crippen molar-refractivity contribution in [3.63, 3.8) is 0 Å². The standard InChI is InChI=1S/C23H46N2O6/c1-3-5-17-31-23(27)11-7-9-13-25-15-19-29-21-20-28-18-14-24-12-8-6-10-22(26)30-16-4-2/h24-25H,3-21H2,1-2H3. The highest BCUT2D eigenvalue weighted by atomic mass is 16.5. The second-order valence-electron chi connectivity index (χ2n) is 7.43. The van der Waals surface area contributed by atoms with Crippen LogP contribution in [0, 0.1) is 0 Å². The summed E-state index contributed by atoms with van der Waals surface area (Å²) in [5, 5.41) is 6.61. The number of unbranched alkanes of at least 4 members (excludes halogenated alkanes) is 3. The molecule has 31 heavy (non-hydrogen) atoms. The van der Waals surface area contributed by atoms with Gasteiger partial charge in [0.15, 0.2) is 0 Å². The maximum atomic E-state index is 11.4. The number of hydrogen-bond acceptors (Lipinski definition) is 8. The molecule has 0 amide bonds. The van der Waals surface area contributed by atoms with Crippen molar-refractivity contribution in [2.24, 2.45) is 0 Å². The van der Waals surface area contributed by atoms with Crippen molar-refractivity contribution in [3.05, 3.63) is 0 Å². The Kier molecular flexibility index (Phi) is 24.1. The average molecular weight is 447 g/mol. The van der Waals surface area contributed by atoms with Gasteiger partial charge in [-0.1, -0.05) is 20.3 Å². The maximum absolute atomic E-state index is 11.4. The minimum absolute atomic E-state index is 0.0867. The molecular formula is C23H46N2O6. The van der Waals surface area contributed by atoms with Gasteiger partial charge in [-0.3, -0.25) is 9.59 Å². The lowest BCUT2D eigenvalue weighted by molar-refractivity contribution is -0.144. The van der Waals surface area contributed by atoms with E-state index in [0.717, 1.165) is 71.1 Å². The van der Waals surface area contributed by atoms with Gasteiger partial charge in [0.1, 0.15) is 0 Å². The van der Waals surface area contributed by atoms with E-state index >= 15 is 0 Å². The minimum atomic E-state index is -0.0971. The van der Waals surface area contributed by atoms with Crippen LogP contribution in [0.25, 0.3) is 0 Å². The third-order valence-electron chi connectivity index (χ3n) is 4.42. The van der Waals surface area contributed by atoms with Crippen LogP contribution in [0.2, 0.25) is 0 Å². The summed E-state index contributed by atoms with van der Waals surface area (Å²) in [6.45, 7) is 11.0. The van der Waals surface area contributed by atoms with Crippen molar-refractivity contribution in [1.82, 2.24) is 10.6 Å². The SMILES string of the molecule is CCCCOC(=O)CCCCNCCOCCOCCNCCCCC(=O)OCCC. The molecule has 0 saturated heterocycles. The molecule has 0 aromatic heterocycles. The summed E-state index contributed by atoms with van der Waals surface area (Å²) in [5.41, 5.74) is 0. The molecule has 0 atom stereocenters. The summed E-state index contributed by atoms with van der Waals surface area (Å²) in [5.74, 6) is -0.184. The Morgan fingerprint density at radius 3 is 1.55 bits per heavy atom. The average Bonchev–Trinajstić information content (AvgIpc) is 2.77. The lowest BCUT2D eigenvalue weighted by Gasteiger charge is -2.08. The minimum Gasteiger partial charge on any atom is -0.466 e. The number of rotatable bonds is 24. The van der Waals surface area contributed by atoms with Crippen LogP contribution in [-0.2, 0) is 28.5 Å². The quantitative estimate of drug-likeness (QED) is 0.173. The van der Waals surface area contributed by atoms with Crippen LogP contribution in [0.4, 0.5) is 0 Å². The van der Waals surface area contributed by atoms with Gasteiger partial charge in [-0.15, -0.1) is 0 Å².